The highest BCUT2D eigenvalue weighted by Gasteiger charge is 2.43. The lowest BCUT2D eigenvalue weighted by Gasteiger charge is -2.23. The number of hydrogen-bond acceptors (Lipinski definition) is 5. The van der Waals surface area contributed by atoms with E-state index in [0.29, 0.717) is 16.1 Å². The summed E-state index contributed by atoms with van der Waals surface area (Å²) in [4.78, 5) is 30.7. The SMILES string of the molecule is Cc1ccc(C)c(-n2c(SCC(=O)NC(C)(C#N)C3CC3)nc3ccccc3c2=O)c1. The standard InChI is InChI=1S/C24H24N4O2S/c1-15-8-9-16(2)20(12-15)28-22(30)18-6-4-5-7-19(18)26-23(28)31-13-21(29)27-24(3,14-25)17-10-11-17/h4-9,12,17H,10-11,13H2,1-3H3,(H,27,29). The first-order chi connectivity index (χ1) is 14.8. The number of fused-ring (bicyclic) bond motifs is 1. The number of carbonyl (C=O) groups is 1. The third-order valence-electron chi connectivity index (χ3n) is 5.71. The van der Waals surface area contributed by atoms with Crippen LogP contribution in [0.15, 0.2) is 52.4 Å². The third kappa shape index (κ3) is 4.21. The van der Waals surface area contributed by atoms with Gasteiger partial charge in [-0.3, -0.25) is 14.2 Å². The topological polar surface area (TPSA) is 87.8 Å². The maximum atomic E-state index is 13.4. The zero-order chi connectivity index (χ0) is 22.2. The zero-order valence-corrected chi connectivity index (χ0v) is 18.6. The van der Waals surface area contributed by atoms with Crippen LogP contribution in [0, 0.1) is 31.1 Å². The summed E-state index contributed by atoms with van der Waals surface area (Å²) in [6.45, 7) is 5.70. The Bertz CT molecular complexity index is 1270. The van der Waals surface area contributed by atoms with Crippen LogP contribution in [0.2, 0.25) is 0 Å². The predicted octanol–water partition coefficient (Wildman–Crippen LogP) is 3.90. The van der Waals surface area contributed by atoms with E-state index in [0.717, 1.165) is 29.7 Å². The van der Waals surface area contributed by atoms with E-state index in [2.05, 4.69) is 11.4 Å². The van der Waals surface area contributed by atoms with Crippen molar-refractivity contribution < 1.29 is 4.79 Å². The van der Waals surface area contributed by atoms with Crippen molar-refractivity contribution in [1.82, 2.24) is 14.9 Å². The zero-order valence-electron chi connectivity index (χ0n) is 17.8. The van der Waals surface area contributed by atoms with E-state index in [9.17, 15) is 14.9 Å². The molecule has 7 heteroatoms. The number of nitriles is 1. The number of amides is 1. The number of hydrogen-bond donors (Lipinski definition) is 1. The van der Waals surface area contributed by atoms with Crippen molar-refractivity contribution in [3.8, 4) is 11.8 Å². The molecular formula is C24H24N4O2S. The van der Waals surface area contributed by atoms with Crippen molar-refractivity contribution in [2.75, 3.05) is 5.75 Å². The second kappa shape index (κ2) is 8.20. The first-order valence-electron chi connectivity index (χ1n) is 10.3. The van der Waals surface area contributed by atoms with Crippen molar-refractivity contribution in [2.24, 2.45) is 5.92 Å². The highest BCUT2D eigenvalue weighted by atomic mass is 32.2. The number of rotatable bonds is 6. The number of carbonyl (C=O) groups excluding carboxylic acids is 1. The molecule has 0 radical (unpaired) electrons. The number of benzene rings is 2. The molecule has 0 bridgehead atoms. The van der Waals surface area contributed by atoms with Gasteiger partial charge in [0.05, 0.1) is 28.4 Å². The van der Waals surface area contributed by atoms with Gasteiger partial charge >= 0.3 is 0 Å². The van der Waals surface area contributed by atoms with Gasteiger partial charge in [-0.2, -0.15) is 5.26 Å². The van der Waals surface area contributed by atoms with Crippen molar-refractivity contribution >= 4 is 28.6 Å². The summed E-state index contributed by atoms with van der Waals surface area (Å²) in [6.07, 6.45) is 1.91. The summed E-state index contributed by atoms with van der Waals surface area (Å²) >= 11 is 1.21. The van der Waals surface area contributed by atoms with Crippen LogP contribution < -0.4 is 10.9 Å². The molecule has 158 valence electrons. The molecule has 0 spiro atoms. The smallest absolute Gasteiger partial charge is 0.266 e. The Morgan fingerprint density at radius 3 is 2.74 bits per heavy atom. The van der Waals surface area contributed by atoms with Crippen LogP contribution in [0.4, 0.5) is 0 Å². The van der Waals surface area contributed by atoms with Gasteiger partial charge in [-0.05, 0) is 68.9 Å². The molecule has 1 atom stereocenters. The highest BCUT2D eigenvalue weighted by molar-refractivity contribution is 7.99. The summed E-state index contributed by atoms with van der Waals surface area (Å²) in [5.74, 6) is 0.0360. The molecule has 1 amide bonds. The molecule has 1 heterocycles. The molecule has 3 aromatic rings. The number of nitrogens with one attached hydrogen (secondary N) is 1. The van der Waals surface area contributed by atoms with Gasteiger partial charge in [0.15, 0.2) is 5.16 Å². The Labute approximate surface area is 185 Å². The normalized spacial score (nSPS) is 15.3. The number of para-hydroxylation sites is 1. The van der Waals surface area contributed by atoms with Crippen molar-refractivity contribution in [3.05, 3.63) is 63.9 Å². The van der Waals surface area contributed by atoms with Crippen molar-refractivity contribution in [1.29, 1.82) is 5.26 Å². The lowest BCUT2D eigenvalue weighted by Crippen LogP contribution is -2.47. The molecule has 4 rings (SSSR count). The second-order valence-electron chi connectivity index (χ2n) is 8.27. The van der Waals surface area contributed by atoms with Gasteiger partial charge in [-0.15, -0.1) is 0 Å². The molecule has 0 aliphatic heterocycles. The monoisotopic (exact) mass is 432 g/mol. The first-order valence-corrected chi connectivity index (χ1v) is 11.3. The van der Waals surface area contributed by atoms with Gasteiger partial charge < -0.3 is 5.32 Å². The summed E-state index contributed by atoms with van der Waals surface area (Å²) in [5.41, 5.74) is 2.32. The average molecular weight is 433 g/mol. The van der Waals surface area contributed by atoms with Gasteiger partial charge in [0, 0.05) is 0 Å². The summed E-state index contributed by atoms with van der Waals surface area (Å²) in [7, 11) is 0. The van der Waals surface area contributed by atoms with Crippen LogP contribution >= 0.6 is 11.8 Å². The highest BCUT2D eigenvalue weighted by Crippen LogP contribution is 2.39. The number of aryl methyl sites for hydroxylation is 2. The molecule has 1 aliphatic rings. The molecule has 1 fully saturated rings. The Kier molecular flexibility index (Phi) is 5.59. The summed E-state index contributed by atoms with van der Waals surface area (Å²) in [6, 6.07) is 15.4. The molecule has 2 aromatic carbocycles. The van der Waals surface area contributed by atoms with Crippen molar-refractivity contribution in [3.63, 3.8) is 0 Å². The van der Waals surface area contributed by atoms with Gasteiger partial charge in [0.1, 0.15) is 5.54 Å². The van der Waals surface area contributed by atoms with Crippen LogP contribution in [0.1, 0.15) is 30.9 Å². The maximum Gasteiger partial charge on any atom is 0.266 e. The minimum Gasteiger partial charge on any atom is -0.337 e. The Balaban J connectivity index is 1.71. The van der Waals surface area contributed by atoms with Crippen LogP contribution in [0.3, 0.4) is 0 Å². The fourth-order valence-corrected chi connectivity index (χ4v) is 4.53. The van der Waals surface area contributed by atoms with Crippen LogP contribution in [-0.2, 0) is 4.79 Å². The van der Waals surface area contributed by atoms with E-state index in [1.165, 1.54) is 11.8 Å². The van der Waals surface area contributed by atoms with Gasteiger partial charge in [0.2, 0.25) is 5.91 Å². The van der Waals surface area contributed by atoms with Crippen LogP contribution in [0.5, 0.6) is 0 Å². The maximum absolute atomic E-state index is 13.4. The molecule has 1 saturated carbocycles. The lowest BCUT2D eigenvalue weighted by atomic mass is 9.98. The number of aromatic nitrogens is 2. The summed E-state index contributed by atoms with van der Waals surface area (Å²) in [5, 5.41) is 13.4. The molecule has 6 nitrogen and oxygen atoms in total. The van der Waals surface area contributed by atoms with Crippen LogP contribution in [-0.4, -0.2) is 26.8 Å². The fourth-order valence-electron chi connectivity index (χ4n) is 3.72. The number of thioether (sulfide) groups is 1. The Morgan fingerprint density at radius 1 is 1.29 bits per heavy atom. The second-order valence-corrected chi connectivity index (χ2v) is 9.21. The number of nitrogens with zero attached hydrogens (tertiary/aromatic N) is 3. The van der Waals surface area contributed by atoms with E-state index < -0.39 is 5.54 Å². The van der Waals surface area contributed by atoms with Crippen LogP contribution in [0.25, 0.3) is 16.6 Å². The van der Waals surface area contributed by atoms with E-state index in [1.54, 1.807) is 23.6 Å². The molecular weight excluding hydrogens is 408 g/mol. The van der Waals surface area contributed by atoms with Gasteiger partial charge in [0.25, 0.3) is 5.56 Å². The fraction of sp³-hybridized carbons (Fsp3) is 0.333. The van der Waals surface area contributed by atoms with E-state index in [-0.39, 0.29) is 23.1 Å². The van der Waals surface area contributed by atoms with Crippen molar-refractivity contribution in [2.45, 2.75) is 44.3 Å². The molecule has 1 N–H and O–H groups in total. The Hall–Kier alpha value is -3.11. The molecule has 1 aliphatic carbocycles. The average Bonchev–Trinajstić information content (AvgIpc) is 3.60. The van der Waals surface area contributed by atoms with E-state index >= 15 is 0 Å². The predicted molar refractivity (Wildman–Crippen MR) is 122 cm³/mol. The van der Waals surface area contributed by atoms with Gasteiger partial charge in [-0.25, -0.2) is 4.98 Å². The molecule has 1 aromatic heterocycles. The minimum atomic E-state index is -0.846. The minimum absolute atomic E-state index is 0.0691. The lowest BCUT2D eigenvalue weighted by molar-refractivity contribution is -0.119. The quantitative estimate of drug-likeness (QED) is 0.471. The van der Waals surface area contributed by atoms with E-state index in [1.807, 2.05) is 44.2 Å². The van der Waals surface area contributed by atoms with E-state index in [4.69, 9.17) is 4.98 Å². The molecule has 31 heavy (non-hydrogen) atoms. The Morgan fingerprint density at radius 2 is 2.03 bits per heavy atom. The van der Waals surface area contributed by atoms with Gasteiger partial charge in [-0.1, -0.05) is 36.0 Å². The molecule has 1 unspecified atom stereocenters. The largest absolute Gasteiger partial charge is 0.337 e. The summed E-state index contributed by atoms with van der Waals surface area (Å²) < 4.78 is 1.59. The first kappa shape index (κ1) is 21.1. The third-order valence-corrected chi connectivity index (χ3v) is 6.65. The molecule has 0 saturated heterocycles.